The Labute approximate surface area is 299 Å². The molecule has 5 amide bonds. The molecule has 3 aliphatic rings. The fourth-order valence-electron chi connectivity index (χ4n) is 7.23. The molecule has 2 heterocycles. The van der Waals surface area contributed by atoms with Gasteiger partial charge in [-0.05, 0) is 61.7 Å². The highest BCUT2D eigenvalue weighted by Gasteiger charge is 2.46. The molecule has 1 aliphatic carbocycles. The second kappa shape index (κ2) is 18.5. The molecule has 0 aromatic rings. The number of nitrogens with zero attached hydrogens (tertiary/aromatic N) is 2. The lowest BCUT2D eigenvalue weighted by Crippen LogP contribution is -2.61. The van der Waals surface area contributed by atoms with E-state index in [-0.39, 0.29) is 48.9 Å². The van der Waals surface area contributed by atoms with Crippen molar-refractivity contribution in [2.75, 3.05) is 31.9 Å². The highest BCUT2D eigenvalue weighted by Crippen LogP contribution is 2.33. The van der Waals surface area contributed by atoms with E-state index in [2.05, 4.69) is 27.8 Å². The number of carbonyl (C=O) groups excluding carboxylic acids is 5. The summed E-state index contributed by atoms with van der Waals surface area (Å²) in [6.07, 6.45) is 8.42. The maximum Gasteiger partial charge on any atom is 0.315 e. The van der Waals surface area contributed by atoms with Crippen molar-refractivity contribution in [3.8, 4) is 0 Å². The van der Waals surface area contributed by atoms with Gasteiger partial charge in [-0.2, -0.15) is 4.31 Å². The predicted molar refractivity (Wildman–Crippen MR) is 193 cm³/mol. The van der Waals surface area contributed by atoms with Crippen LogP contribution in [0.4, 0.5) is 4.79 Å². The van der Waals surface area contributed by atoms with E-state index in [4.69, 9.17) is 0 Å². The summed E-state index contributed by atoms with van der Waals surface area (Å²) in [5.41, 5.74) is -0.480. The Morgan fingerprint density at radius 2 is 1.62 bits per heavy atom. The van der Waals surface area contributed by atoms with Crippen LogP contribution in [-0.4, -0.2) is 103 Å². The monoisotopic (exact) mass is 722 g/mol. The minimum atomic E-state index is -3.42. The van der Waals surface area contributed by atoms with Crippen LogP contribution in [0, 0.1) is 23.2 Å². The number of hydrogen-bond acceptors (Lipinski definition) is 7. The number of amides is 5. The highest BCUT2D eigenvalue weighted by atomic mass is 32.2. The van der Waals surface area contributed by atoms with E-state index >= 15 is 0 Å². The van der Waals surface area contributed by atoms with Crippen LogP contribution >= 0.6 is 0 Å². The first-order chi connectivity index (χ1) is 23.5. The Kier molecular flexibility index (Phi) is 15.3. The summed E-state index contributed by atoms with van der Waals surface area (Å²) in [7, 11) is -3.42. The Morgan fingerprint density at radius 1 is 0.940 bits per heavy atom. The number of urea groups is 1. The zero-order chi connectivity index (χ0) is 37.2. The normalized spacial score (nSPS) is 23.4. The number of carbonyl (C=O) groups is 5. The van der Waals surface area contributed by atoms with E-state index in [1.54, 1.807) is 4.90 Å². The molecular weight excluding hydrogens is 660 g/mol. The maximum absolute atomic E-state index is 14.6. The molecule has 0 aromatic carbocycles. The Bertz CT molecular complexity index is 1320. The van der Waals surface area contributed by atoms with Crippen molar-refractivity contribution in [2.24, 2.45) is 23.2 Å². The minimum absolute atomic E-state index is 0.0171. The summed E-state index contributed by atoms with van der Waals surface area (Å²) < 4.78 is 27.1. The van der Waals surface area contributed by atoms with Crippen LogP contribution in [0.3, 0.4) is 0 Å². The van der Waals surface area contributed by atoms with Crippen LogP contribution in [0.25, 0.3) is 0 Å². The molecule has 50 heavy (non-hydrogen) atoms. The molecule has 0 spiro atoms. The lowest BCUT2D eigenvalue weighted by molar-refractivity contribution is -0.143. The van der Waals surface area contributed by atoms with Crippen molar-refractivity contribution in [3.05, 3.63) is 12.7 Å². The first-order valence-corrected chi connectivity index (χ1v) is 20.2. The third kappa shape index (κ3) is 11.2. The van der Waals surface area contributed by atoms with Gasteiger partial charge in [0.2, 0.25) is 27.6 Å². The van der Waals surface area contributed by atoms with E-state index in [0.29, 0.717) is 32.4 Å². The summed E-state index contributed by atoms with van der Waals surface area (Å²) in [4.78, 5) is 69.3. The van der Waals surface area contributed by atoms with Gasteiger partial charge in [0.1, 0.15) is 12.1 Å². The molecule has 1 saturated carbocycles. The van der Waals surface area contributed by atoms with Crippen molar-refractivity contribution in [1.82, 2.24) is 30.5 Å². The SMILES string of the molecule is C=CCNC(=O)C(=O)C(CCC)NC(=O)[C@@H]1C[C@@H](C(C)C)CN1C(=O)[C@@H](NC(=O)N[C@H](CN1CCCCS1(=O)=O)C(C)(C)C)C1CCCCC1. The van der Waals surface area contributed by atoms with E-state index in [0.717, 1.165) is 38.5 Å². The van der Waals surface area contributed by atoms with E-state index in [9.17, 15) is 32.4 Å². The molecule has 2 saturated heterocycles. The van der Waals surface area contributed by atoms with Crippen molar-refractivity contribution in [1.29, 1.82) is 0 Å². The van der Waals surface area contributed by atoms with Crippen LogP contribution in [0.5, 0.6) is 0 Å². The smallest absolute Gasteiger partial charge is 0.315 e. The van der Waals surface area contributed by atoms with Gasteiger partial charge in [-0.3, -0.25) is 19.2 Å². The molecule has 3 fully saturated rings. The molecule has 13 nitrogen and oxygen atoms in total. The molecule has 0 radical (unpaired) electrons. The van der Waals surface area contributed by atoms with Crippen LogP contribution in [-0.2, 0) is 29.2 Å². The molecule has 0 aromatic heterocycles. The molecule has 3 rings (SSSR count). The van der Waals surface area contributed by atoms with Gasteiger partial charge in [-0.25, -0.2) is 13.2 Å². The number of nitrogens with one attached hydrogen (secondary N) is 4. The Hall–Kier alpha value is -3.00. The second-order valence-corrected chi connectivity index (χ2v) is 17.8. The lowest BCUT2D eigenvalue weighted by Gasteiger charge is -2.38. The third-order valence-electron chi connectivity index (χ3n) is 10.6. The molecule has 5 atom stereocenters. The number of Topliss-reactive ketones (excluding diaryl/α,β-unsaturated/α-hetero) is 1. The van der Waals surface area contributed by atoms with E-state index in [1.165, 1.54) is 10.4 Å². The maximum atomic E-state index is 14.6. The van der Waals surface area contributed by atoms with Gasteiger partial charge < -0.3 is 26.2 Å². The summed E-state index contributed by atoms with van der Waals surface area (Å²) in [5.74, 6) is -2.25. The number of ketones is 1. The zero-order valence-electron chi connectivity index (χ0n) is 31.1. The van der Waals surface area contributed by atoms with Crippen LogP contribution < -0.4 is 21.3 Å². The fraction of sp³-hybridized carbons (Fsp3) is 0.806. The molecule has 284 valence electrons. The predicted octanol–water partition coefficient (Wildman–Crippen LogP) is 3.10. The number of sulfonamides is 1. The van der Waals surface area contributed by atoms with Crippen LogP contribution in [0.1, 0.15) is 106 Å². The van der Waals surface area contributed by atoms with E-state index in [1.807, 2.05) is 41.5 Å². The Morgan fingerprint density at radius 3 is 2.20 bits per heavy atom. The van der Waals surface area contributed by atoms with Gasteiger partial charge in [-0.15, -0.1) is 6.58 Å². The average Bonchev–Trinajstić information content (AvgIpc) is 3.52. The van der Waals surface area contributed by atoms with Gasteiger partial charge in [0.15, 0.2) is 0 Å². The van der Waals surface area contributed by atoms with Gasteiger partial charge in [-0.1, -0.05) is 73.3 Å². The summed E-state index contributed by atoms with van der Waals surface area (Å²) >= 11 is 0. The molecule has 1 unspecified atom stereocenters. The number of likely N-dealkylation sites (tertiary alicyclic amines) is 1. The summed E-state index contributed by atoms with van der Waals surface area (Å²) in [6.45, 7) is 16.3. The Balaban J connectivity index is 1.85. The quantitative estimate of drug-likeness (QED) is 0.149. The lowest BCUT2D eigenvalue weighted by atomic mass is 9.83. The summed E-state index contributed by atoms with van der Waals surface area (Å²) in [5, 5.41) is 11.3. The number of hydrogen-bond donors (Lipinski definition) is 4. The largest absolute Gasteiger partial charge is 0.346 e. The standard InChI is InChI=1S/C36H62N6O7S/c1-8-15-27(31(43)33(45)37-18-9-2)38-32(44)28-21-26(24(3)4)22-42(28)34(46)30(25-16-11-10-12-17-25)40-35(47)39-29(36(5,6)7)23-41-19-13-14-20-50(41,48)49/h9,24-30H,2,8,10-23H2,1,3-7H3,(H,37,45)(H,38,44)(H2,39,40,47)/t26-,27?,28+,29-,30+/m1/s1. The highest BCUT2D eigenvalue weighted by molar-refractivity contribution is 7.89. The first kappa shape index (κ1) is 41.4. The molecule has 14 heteroatoms. The molecule has 0 bridgehead atoms. The minimum Gasteiger partial charge on any atom is -0.346 e. The van der Waals surface area contributed by atoms with Gasteiger partial charge in [0.25, 0.3) is 5.91 Å². The van der Waals surface area contributed by atoms with Crippen LogP contribution in [0.2, 0.25) is 0 Å². The van der Waals surface area contributed by atoms with Crippen molar-refractivity contribution >= 4 is 39.6 Å². The zero-order valence-corrected chi connectivity index (χ0v) is 31.9. The van der Waals surface area contributed by atoms with Gasteiger partial charge in [0.05, 0.1) is 11.8 Å². The molecular formula is C36H62N6O7S. The van der Waals surface area contributed by atoms with E-state index < -0.39 is 63.2 Å². The van der Waals surface area contributed by atoms with Gasteiger partial charge >= 0.3 is 6.03 Å². The third-order valence-corrected chi connectivity index (χ3v) is 12.5. The molecule has 4 N–H and O–H groups in total. The first-order valence-electron chi connectivity index (χ1n) is 18.6. The van der Waals surface area contributed by atoms with Crippen molar-refractivity contribution < 1.29 is 32.4 Å². The average molecular weight is 723 g/mol. The van der Waals surface area contributed by atoms with Crippen molar-refractivity contribution in [2.45, 2.75) is 130 Å². The fourth-order valence-corrected chi connectivity index (χ4v) is 8.84. The topological polar surface area (TPSA) is 174 Å². The summed E-state index contributed by atoms with van der Waals surface area (Å²) in [6, 6.07) is -3.88. The molecule has 2 aliphatic heterocycles. The van der Waals surface area contributed by atoms with Crippen LogP contribution in [0.15, 0.2) is 12.7 Å². The van der Waals surface area contributed by atoms with Crippen molar-refractivity contribution in [3.63, 3.8) is 0 Å². The number of rotatable bonds is 15. The van der Waals surface area contributed by atoms with Gasteiger partial charge in [0, 0.05) is 32.2 Å². The second-order valence-electron chi connectivity index (χ2n) is 15.8.